The zero-order valence-electron chi connectivity index (χ0n) is 18.5. The van der Waals surface area contributed by atoms with E-state index in [9.17, 15) is 14.6 Å². The number of hydrogen-bond acceptors (Lipinski definition) is 4. The summed E-state index contributed by atoms with van der Waals surface area (Å²) in [5, 5.41) is 21.7. The maximum atomic E-state index is 13.3. The third-order valence-corrected chi connectivity index (χ3v) is 8.31. The van der Waals surface area contributed by atoms with E-state index >= 15 is 0 Å². The smallest absolute Gasteiger partial charge is 0.123 e. The number of allylic oxidation sites excluding steroid dienone is 3. The molecule has 3 aliphatic rings. The Hall–Kier alpha value is -1.98. The zero-order valence-corrected chi connectivity index (χ0v) is 18.5. The van der Waals surface area contributed by atoms with Crippen LogP contribution in [0.15, 0.2) is 52.7 Å². The highest BCUT2D eigenvalue weighted by molar-refractivity contribution is 6.11. The lowest BCUT2D eigenvalue weighted by atomic mass is 9.58. The van der Waals surface area contributed by atoms with E-state index in [1.807, 2.05) is 0 Å². The summed E-state index contributed by atoms with van der Waals surface area (Å²) in [7, 11) is 0. The summed E-state index contributed by atoms with van der Waals surface area (Å²) >= 11 is 0. The fourth-order valence-corrected chi connectivity index (χ4v) is 6.16. The number of rotatable bonds is 5. The van der Waals surface area contributed by atoms with Crippen LogP contribution in [0.25, 0.3) is 0 Å². The lowest BCUT2D eigenvalue weighted by Gasteiger charge is -2.47. The first-order valence-corrected chi connectivity index (χ1v) is 11.7. The van der Waals surface area contributed by atoms with Gasteiger partial charge in [0.15, 0.2) is 0 Å². The molecule has 1 aromatic rings. The van der Waals surface area contributed by atoms with E-state index < -0.39 is 0 Å². The van der Waals surface area contributed by atoms with Crippen LogP contribution < -0.4 is 5.73 Å². The number of benzene rings is 1. The maximum absolute atomic E-state index is 13.3. The minimum atomic E-state index is -0.372. The number of aliphatic hydroxyl groups excluding tert-OH is 2. The van der Waals surface area contributed by atoms with Gasteiger partial charge in [0.2, 0.25) is 0 Å². The highest BCUT2D eigenvalue weighted by Gasteiger charge is 2.56. The number of aliphatic imine (C=N–C) groups is 1. The Bertz CT molecular complexity index is 885. The van der Waals surface area contributed by atoms with Gasteiger partial charge >= 0.3 is 0 Å². The van der Waals surface area contributed by atoms with Crippen molar-refractivity contribution in [1.29, 1.82) is 0 Å². The summed E-state index contributed by atoms with van der Waals surface area (Å²) in [6.45, 7) is 2.28. The number of nitrogens with zero attached hydrogens (tertiary/aromatic N) is 1. The molecule has 0 aromatic heterocycles. The molecule has 4 nitrogen and oxygen atoms in total. The fourth-order valence-electron chi connectivity index (χ4n) is 6.16. The van der Waals surface area contributed by atoms with Crippen LogP contribution in [0.5, 0.6) is 0 Å². The number of aliphatic hydroxyl groups is 2. The molecule has 2 fully saturated rings. The summed E-state index contributed by atoms with van der Waals surface area (Å²) in [5.74, 6) is 0.0608. The van der Waals surface area contributed by atoms with Crippen molar-refractivity contribution >= 4 is 11.4 Å². The average Bonchev–Trinajstić information content (AvgIpc) is 3.07. The molecule has 1 unspecified atom stereocenters. The van der Waals surface area contributed by atoms with Crippen molar-refractivity contribution in [3.05, 3.63) is 53.5 Å². The molecule has 3 atom stereocenters. The van der Waals surface area contributed by atoms with Crippen molar-refractivity contribution in [3.8, 4) is 0 Å². The second-order valence-corrected chi connectivity index (χ2v) is 9.95. The van der Waals surface area contributed by atoms with E-state index in [2.05, 4.69) is 13.0 Å². The second kappa shape index (κ2) is 8.87. The van der Waals surface area contributed by atoms with Crippen molar-refractivity contribution in [3.63, 3.8) is 0 Å². The summed E-state index contributed by atoms with van der Waals surface area (Å²) in [6.07, 6.45) is 12.2. The van der Waals surface area contributed by atoms with E-state index in [0.717, 1.165) is 37.0 Å². The molecule has 0 radical (unpaired) electrons. The van der Waals surface area contributed by atoms with Crippen LogP contribution in [0.1, 0.15) is 64.7 Å². The van der Waals surface area contributed by atoms with Gasteiger partial charge in [0.05, 0.1) is 17.5 Å². The van der Waals surface area contributed by atoms with Crippen molar-refractivity contribution in [2.45, 2.75) is 70.8 Å². The van der Waals surface area contributed by atoms with Gasteiger partial charge in [-0.1, -0.05) is 31.8 Å². The first-order chi connectivity index (χ1) is 14.9. The molecule has 31 heavy (non-hydrogen) atoms. The van der Waals surface area contributed by atoms with E-state index in [1.54, 1.807) is 18.3 Å². The Morgan fingerprint density at radius 3 is 2.58 bits per heavy atom. The largest absolute Gasteiger partial charge is 0.404 e. The molecule has 4 rings (SSSR count). The monoisotopic (exact) mass is 426 g/mol. The molecule has 4 N–H and O–H groups in total. The van der Waals surface area contributed by atoms with E-state index in [-0.39, 0.29) is 29.4 Å². The van der Waals surface area contributed by atoms with Gasteiger partial charge in [-0.15, -0.1) is 0 Å². The lowest BCUT2D eigenvalue weighted by Crippen LogP contribution is -2.45. The van der Waals surface area contributed by atoms with Crippen LogP contribution in [-0.2, 0) is 0 Å². The van der Waals surface area contributed by atoms with E-state index in [4.69, 9.17) is 10.7 Å². The molecule has 0 heterocycles. The summed E-state index contributed by atoms with van der Waals surface area (Å²) in [4.78, 5) is 4.72. The van der Waals surface area contributed by atoms with Gasteiger partial charge in [-0.25, -0.2) is 9.38 Å². The zero-order chi connectivity index (χ0) is 22.1. The summed E-state index contributed by atoms with van der Waals surface area (Å²) < 4.78 is 13.3. The minimum Gasteiger partial charge on any atom is -0.404 e. The quantitative estimate of drug-likeness (QED) is 0.607. The van der Waals surface area contributed by atoms with Crippen molar-refractivity contribution < 1.29 is 14.6 Å². The van der Waals surface area contributed by atoms with Crippen molar-refractivity contribution in [2.24, 2.45) is 27.5 Å². The molecular formula is C26H35FN2O2. The van der Waals surface area contributed by atoms with E-state index in [1.165, 1.54) is 37.0 Å². The third kappa shape index (κ3) is 4.10. The van der Waals surface area contributed by atoms with Crippen LogP contribution in [0, 0.1) is 22.6 Å². The Morgan fingerprint density at radius 2 is 1.94 bits per heavy atom. The average molecular weight is 427 g/mol. The lowest BCUT2D eigenvalue weighted by molar-refractivity contribution is -0.0350. The molecule has 1 aromatic carbocycles. The molecule has 0 saturated heterocycles. The van der Waals surface area contributed by atoms with E-state index in [0.29, 0.717) is 24.4 Å². The van der Waals surface area contributed by atoms with Crippen LogP contribution in [0.2, 0.25) is 0 Å². The Morgan fingerprint density at radius 1 is 1.23 bits per heavy atom. The molecule has 168 valence electrons. The number of halogens is 1. The van der Waals surface area contributed by atoms with Crippen molar-refractivity contribution in [2.75, 3.05) is 6.61 Å². The second-order valence-electron chi connectivity index (χ2n) is 9.95. The Labute approximate surface area is 184 Å². The molecule has 0 bridgehead atoms. The Balaban J connectivity index is 1.64. The molecule has 2 saturated carbocycles. The standard InChI is InChI=1S/C26H35FN2O2/c1-25-14-19(16-28)23(29-22-9-7-21(27)8-10-22)13-20(25)11-12-26(25,17-30)15-24(31)18-5-3-2-4-6-18/h7-10,13,16,18,24,30-31H,2-6,11-12,14-15,17,28H2,1H3/t24?,25-,26-/m0/s1. The minimum absolute atomic E-state index is 0.0624. The number of fused-ring (bicyclic) bond motifs is 1. The van der Waals surface area contributed by atoms with Gasteiger partial charge in [-0.3, -0.25) is 0 Å². The van der Waals surface area contributed by atoms with Gasteiger partial charge in [0, 0.05) is 17.4 Å². The predicted molar refractivity (Wildman–Crippen MR) is 123 cm³/mol. The fraction of sp³-hybridized carbons (Fsp3) is 0.577. The molecular weight excluding hydrogens is 391 g/mol. The van der Waals surface area contributed by atoms with Gasteiger partial charge in [0.25, 0.3) is 0 Å². The van der Waals surface area contributed by atoms with Crippen molar-refractivity contribution in [1.82, 2.24) is 0 Å². The van der Waals surface area contributed by atoms with Gasteiger partial charge in [-0.05, 0) is 86.6 Å². The third-order valence-electron chi connectivity index (χ3n) is 8.31. The molecule has 5 heteroatoms. The molecule has 3 aliphatic carbocycles. The van der Waals surface area contributed by atoms with Gasteiger partial charge < -0.3 is 15.9 Å². The molecule has 0 spiro atoms. The first kappa shape index (κ1) is 22.2. The Kier molecular flexibility index (Phi) is 6.36. The normalized spacial score (nSPS) is 32.8. The molecule has 0 amide bonds. The van der Waals surface area contributed by atoms with Gasteiger partial charge in [0.1, 0.15) is 5.82 Å². The number of nitrogens with two attached hydrogens (primary N) is 1. The topological polar surface area (TPSA) is 78.8 Å². The highest BCUT2D eigenvalue weighted by atomic mass is 19.1. The van der Waals surface area contributed by atoms with Crippen LogP contribution in [0.4, 0.5) is 10.1 Å². The first-order valence-electron chi connectivity index (χ1n) is 11.7. The van der Waals surface area contributed by atoms with Crippen LogP contribution in [-0.4, -0.2) is 28.6 Å². The maximum Gasteiger partial charge on any atom is 0.123 e. The predicted octanol–water partition coefficient (Wildman–Crippen LogP) is 5.18. The van der Waals surface area contributed by atoms with Crippen LogP contribution >= 0.6 is 0 Å². The SMILES string of the molecule is C[C@]12CC(=CN)C(=Nc3ccc(F)cc3)C=C1CC[C@@]2(CO)CC(O)C1CCCCC1. The highest BCUT2D eigenvalue weighted by Crippen LogP contribution is 2.63. The summed E-state index contributed by atoms with van der Waals surface area (Å²) in [6, 6.07) is 6.14. The van der Waals surface area contributed by atoms with Gasteiger partial charge in [-0.2, -0.15) is 0 Å². The number of hydrogen-bond donors (Lipinski definition) is 3. The van der Waals surface area contributed by atoms with Crippen LogP contribution in [0.3, 0.4) is 0 Å². The molecule has 0 aliphatic heterocycles. The summed E-state index contributed by atoms with van der Waals surface area (Å²) in [5.41, 5.74) is 9.10.